The Kier molecular flexibility index (Phi) is 3.68. The smallest absolute Gasteiger partial charge is 0.232 e. The van der Waals surface area contributed by atoms with Gasteiger partial charge in [-0.15, -0.1) is 0 Å². The Morgan fingerprint density at radius 1 is 1.29 bits per heavy atom. The van der Waals surface area contributed by atoms with Crippen molar-refractivity contribution in [1.82, 2.24) is 15.3 Å². The van der Waals surface area contributed by atoms with E-state index in [1.807, 2.05) is 6.20 Å². The van der Waals surface area contributed by atoms with Crippen molar-refractivity contribution in [1.29, 1.82) is 0 Å². The molecule has 0 saturated heterocycles. The summed E-state index contributed by atoms with van der Waals surface area (Å²) in [6.07, 6.45) is 7.64. The predicted molar refractivity (Wildman–Crippen MR) is 83.1 cm³/mol. The fourth-order valence-electron chi connectivity index (χ4n) is 4.20. The lowest BCUT2D eigenvalue weighted by atomic mass is 9.70. The Labute approximate surface area is 127 Å². The highest BCUT2D eigenvalue weighted by Gasteiger charge is 2.62. The molecule has 3 rings (SSSR count). The van der Waals surface area contributed by atoms with Gasteiger partial charge in [-0.25, -0.2) is 4.98 Å². The van der Waals surface area contributed by atoms with Crippen molar-refractivity contribution in [3.8, 4) is 5.88 Å². The van der Waals surface area contributed by atoms with E-state index in [1.54, 1.807) is 6.20 Å². The lowest BCUT2D eigenvalue weighted by Crippen LogP contribution is -2.39. The van der Waals surface area contributed by atoms with Gasteiger partial charge in [0.25, 0.3) is 0 Å². The molecule has 1 N–H and O–H groups in total. The number of hydrogen-bond donors (Lipinski definition) is 1. The van der Waals surface area contributed by atoms with E-state index in [0.29, 0.717) is 11.3 Å². The minimum atomic E-state index is 0.266. The van der Waals surface area contributed by atoms with E-state index in [4.69, 9.17) is 4.74 Å². The second-order valence-corrected chi connectivity index (χ2v) is 7.34. The molecule has 0 amide bonds. The average Bonchev–Trinajstić information content (AvgIpc) is 2.80. The maximum absolute atomic E-state index is 6.21. The highest BCUT2D eigenvalue weighted by molar-refractivity contribution is 5.15. The van der Waals surface area contributed by atoms with Gasteiger partial charge in [-0.05, 0) is 37.1 Å². The third-order valence-electron chi connectivity index (χ3n) is 6.21. The molecule has 0 aliphatic heterocycles. The summed E-state index contributed by atoms with van der Waals surface area (Å²) >= 11 is 0. The van der Waals surface area contributed by atoms with Crippen LogP contribution in [0.25, 0.3) is 0 Å². The van der Waals surface area contributed by atoms with Gasteiger partial charge in [0.15, 0.2) is 0 Å². The summed E-state index contributed by atoms with van der Waals surface area (Å²) in [6.45, 7) is 11.0. The van der Waals surface area contributed by atoms with E-state index in [2.05, 4.69) is 43.0 Å². The maximum atomic E-state index is 6.21. The fourth-order valence-corrected chi connectivity index (χ4v) is 4.20. The largest absolute Gasteiger partial charge is 0.473 e. The number of aromatic nitrogens is 2. The first-order valence-electron chi connectivity index (χ1n) is 8.15. The second-order valence-electron chi connectivity index (χ2n) is 7.34. The molecular formula is C17H27N3O. The van der Waals surface area contributed by atoms with Crippen molar-refractivity contribution in [2.45, 2.75) is 59.6 Å². The topological polar surface area (TPSA) is 47.0 Å². The number of nitrogens with zero attached hydrogens (tertiary/aromatic N) is 2. The summed E-state index contributed by atoms with van der Waals surface area (Å²) in [6, 6.07) is 0. The van der Waals surface area contributed by atoms with Crippen molar-refractivity contribution in [3.63, 3.8) is 0 Å². The van der Waals surface area contributed by atoms with E-state index in [0.717, 1.165) is 31.1 Å². The Morgan fingerprint density at radius 2 is 2.10 bits per heavy atom. The van der Waals surface area contributed by atoms with Gasteiger partial charge in [0, 0.05) is 12.0 Å². The zero-order chi connectivity index (χ0) is 15.1. The quantitative estimate of drug-likeness (QED) is 0.904. The van der Waals surface area contributed by atoms with E-state index >= 15 is 0 Å². The molecule has 2 aliphatic rings. The van der Waals surface area contributed by atoms with Gasteiger partial charge >= 0.3 is 0 Å². The summed E-state index contributed by atoms with van der Waals surface area (Å²) in [4.78, 5) is 8.86. The maximum Gasteiger partial charge on any atom is 0.232 e. The first-order chi connectivity index (χ1) is 9.97. The van der Waals surface area contributed by atoms with Crippen molar-refractivity contribution in [2.24, 2.45) is 16.7 Å². The lowest BCUT2D eigenvalue weighted by molar-refractivity contribution is 0.0270. The summed E-state index contributed by atoms with van der Waals surface area (Å²) < 4.78 is 6.21. The highest BCUT2D eigenvalue weighted by atomic mass is 16.5. The van der Waals surface area contributed by atoms with Gasteiger partial charge in [-0.3, -0.25) is 4.98 Å². The van der Waals surface area contributed by atoms with Gasteiger partial charge in [-0.1, -0.05) is 27.7 Å². The van der Waals surface area contributed by atoms with Crippen LogP contribution >= 0.6 is 0 Å². The molecule has 2 aliphatic carbocycles. The van der Waals surface area contributed by atoms with E-state index in [9.17, 15) is 0 Å². The Bertz CT molecular complexity index is 499. The Balaban J connectivity index is 1.68. The number of rotatable bonds is 5. The minimum Gasteiger partial charge on any atom is -0.473 e. The van der Waals surface area contributed by atoms with Crippen LogP contribution in [0.5, 0.6) is 5.88 Å². The van der Waals surface area contributed by atoms with Gasteiger partial charge in [0.2, 0.25) is 5.88 Å². The summed E-state index contributed by atoms with van der Waals surface area (Å²) in [5.74, 6) is 1.46. The minimum absolute atomic E-state index is 0.266. The zero-order valence-electron chi connectivity index (χ0n) is 13.6. The van der Waals surface area contributed by atoms with Crippen LogP contribution in [0.4, 0.5) is 0 Å². The number of hydrogen-bond acceptors (Lipinski definition) is 4. The van der Waals surface area contributed by atoms with E-state index < -0.39 is 0 Å². The first kappa shape index (κ1) is 14.8. The van der Waals surface area contributed by atoms with Crippen LogP contribution in [0.2, 0.25) is 0 Å². The molecule has 4 heteroatoms. The second kappa shape index (κ2) is 5.24. The van der Waals surface area contributed by atoms with Gasteiger partial charge < -0.3 is 10.1 Å². The third-order valence-corrected chi connectivity index (χ3v) is 6.21. The molecule has 4 nitrogen and oxygen atoms in total. The average molecular weight is 289 g/mol. The Hall–Kier alpha value is -1.16. The molecule has 0 aromatic carbocycles. The molecule has 2 fully saturated rings. The highest BCUT2D eigenvalue weighted by Crippen LogP contribution is 2.66. The molecule has 1 aromatic heterocycles. The van der Waals surface area contributed by atoms with Crippen molar-refractivity contribution >= 4 is 0 Å². The molecular weight excluding hydrogens is 262 g/mol. The number of ether oxygens (including phenoxy) is 1. The zero-order valence-corrected chi connectivity index (χ0v) is 13.6. The predicted octanol–water partition coefficient (Wildman–Crippen LogP) is 3.18. The normalized spacial score (nSPS) is 33.3. The lowest BCUT2D eigenvalue weighted by Gasteiger charge is -2.38. The molecule has 0 spiro atoms. The summed E-state index contributed by atoms with van der Waals surface area (Å²) in [5.41, 5.74) is 1.60. The summed E-state index contributed by atoms with van der Waals surface area (Å²) in [7, 11) is 0. The number of nitrogens with one attached hydrogen (secondary N) is 1. The van der Waals surface area contributed by atoms with Crippen molar-refractivity contribution in [3.05, 3.63) is 18.1 Å². The molecule has 3 unspecified atom stereocenters. The molecule has 116 valence electrons. The van der Waals surface area contributed by atoms with Crippen LogP contribution in [-0.2, 0) is 6.54 Å². The van der Waals surface area contributed by atoms with Crippen LogP contribution in [0.1, 0.15) is 52.7 Å². The van der Waals surface area contributed by atoms with E-state index in [1.165, 1.54) is 12.8 Å². The van der Waals surface area contributed by atoms with Crippen LogP contribution in [0.3, 0.4) is 0 Å². The van der Waals surface area contributed by atoms with E-state index in [-0.39, 0.29) is 11.5 Å². The van der Waals surface area contributed by atoms with Gasteiger partial charge in [0.05, 0.1) is 18.1 Å². The monoisotopic (exact) mass is 289 g/mol. The van der Waals surface area contributed by atoms with Gasteiger partial charge in [0.1, 0.15) is 6.10 Å². The third kappa shape index (κ3) is 2.33. The van der Waals surface area contributed by atoms with Gasteiger partial charge in [-0.2, -0.15) is 0 Å². The SMILES string of the molecule is CCNCc1cnc(OC2CC3CCC2(C)C3(C)C)cn1. The van der Waals surface area contributed by atoms with Crippen molar-refractivity contribution < 1.29 is 4.74 Å². The van der Waals surface area contributed by atoms with Crippen LogP contribution in [0.15, 0.2) is 12.4 Å². The van der Waals surface area contributed by atoms with Crippen LogP contribution in [-0.4, -0.2) is 22.6 Å². The Morgan fingerprint density at radius 3 is 2.62 bits per heavy atom. The molecule has 21 heavy (non-hydrogen) atoms. The molecule has 2 saturated carbocycles. The first-order valence-corrected chi connectivity index (χ1v) is 8.15. The molecule has 1 heterocycles. The standard InChI is InChI=1S/C17H27N3O/c1-5-18-9-13-10-20-15(11-19-13)21-14-8-12-6-7-17(14,4)16(12,2)3/h10-12,14,18H,5-9H2,1-4H3. The fraction of sp³-hybridized carbons (Fsp3) is 0.765. The number of fused-ring (bicyclic) bond motifs is 2. The molecule has 2 bridgehead atoms. The molecule has 0 radical (unpaired) electrons. The summed E-state index contributed by atoms with van der Waals surface area (Å²) in [5, 5.41) is 3.25. The molecule has 1 aromatic rings. The molecule has 3 atom stereocenters. The van der Waals surface area contributed by atoms with Crippen LogP contribution in [0, 0.1) is 16.7 Å². The van der Waals surface area contributed by atoms with Crippen molar-refractivity contribution in [2.75, 3.05) is 6.54 Å². The van der Waals surface area contributed by atoms with Crippen LogP contribution < -0.4 is 10.1 Å².